The summed E-state index contributed by atoms with van der Waals surface area (Å²) in [6.07, 6.45) is 2.09. The maximum absolute atomic E-state index is 11.4. The lowest BCUT2D eigenvalue weighted by Crippen LogP contribution is -2.43. The first kappa shape index (κ1) is 15.6. The molecule has 0 saturated carbocycles. The monoisotopic (exact) mass is 315 g/mol. The molecule has 0 amide bonds. The van der Waals surface area contributed by atoms with Crippen molar-refractivity contribution in [1.29, 1.82) is 0 Å². The number of carboxylic acid groups (broad SMARTS) is 1. The molecule has 1 aromatic rings. The highest BCUT2D eigenvalue weighted by Gasteiger charge is 2.39. The van der Waals surface area contributed by atoms with Gasteiger partial charge in [0.05, 0.1) is 5.41 Å². The van der Waals surface area contributed by atoms with Crippen LogP contribution >= 0.6 is 23.2 Å². The zero-order valence-corrected chi connectivity index (χ0v) is 13.0. The Hall–Kier alpha value is -0.770. The highest BCUT2D eigenvalue weighted by Crippen LogP contribution is 2.36. The number of halogens is 2. The molecule has 1 saturated heterocycles. The summed E-state index contributed by atoms with van der Waals surface area (Å²) in [5, 5.41) is 10.7. The van der Waals surface area contributed by atoms with E-state index in [1.807, 2.05) is 19.1 Å². The van der Waals surface area contributed by atoms with Crippen molar-refractivity contribution in [2.75, 3.05) is 13.1 Å². The van der Waals surface area contributed by atoms with Crippen LogP contribution in [0.25, 0.3) is 0 Å². The average molecular weight is 316 g/mol. The Morgan fingerprint density at radius 1 is 1.35 bits per heavy atom. The number of carboxylic acids is 1. The molecule has 1 aromatic carbocycles. The van der Waals surface area contributed by atoms with Crippen molar-refractivity contribution >= 4 is 29.2 Å². The summed E-state index contributed by atoms with van der Waals surface area (Å²) in [7, 11) is 0. The maximum atomic E-state index is 11.4. The fourth-order valence-electron chi connectivity index (χ4n) is 2.75. The highest BCUT2D eigenvalue weighted by molar-refractivity contribution is 6.35. The lowest BCUT2D eigenvalue weighted by molar-refractivity contribution is -0.152. The predicted molar refractivity (Wildman–Crippen MR) is 81.3 cm³/mol. The third-order valence-corrected chi connectivity index (χ3v) is 4.94. The summed E-state index contributed by atoms with van der Waals surface area (Å²) in [6.45, 7) is 4.29. The van der Waals surface area contributed by atoms with E-state index in [1.54, 1.807) is 6.07 Å². The number of nitrogens with zero attached hydrogens (tertiary/aromatic N) is 1. The Bertz CT molecular complexity index is 497. The van der Waals surface area contributed by atoms with Gasteiger partial charge in [-0.25, -0.2) is 0 Å². The van der Waals surface area contributed by atoms with E-state index < -0.39 is 11.4 Å². The van der Waals surface area contributed by atoms with Crippen LogP contribution in [0.5, 0.6) is 0 Å². The minimum absolute atomic E-state index is 0.541. The summed E-state index contributed by atoms with van der Waals surface area (Å²) < 4.78 is 0. The number of rotatable bonds is 4. The van der Waals surface area contributed by atoms with Gasteiger partial charge in [0.15, 0.2) is 0 Å². The molecule has 110 valence electrons. The number of likely N-dealkylation sites (tertiary alicyclic amines) is 1. The van der Waals surface area contributed by atoms with Crippen LogP contribution in [0, 0.1) is 5.41 Å². The van der Waals surface area contributed by atoms with Gasteiger partial charge in [0.1, 0.15) is 0 Å². The van der Waals surface area contributed by atoms with E-state index >= 15 is 0 Å². The summed E-state index contributed by atoms with van der Waals surface area (Å²) >= 11 is 12.1. The Balaban J connectivity index is 1.99. The minimum atomic E-state index is -0.663. The van der Waals surface area contributed by atoms with E-state index in [0.717, 1.165) is 25.2 Å². The Kier molecular flexibility index (Phi) is 4.95. The summed E-state index contributed by atoms with van der Waals surface area (Å²) in [4.78, 5) is 13.7. The van der Waals surface area contributed by atoms with Crippen LogP contribution in [0.1, 0.15) is 31.7 Å². The van der Waals surface area contributed by atoms with E-state index in [-0.39, 0.29) is 0 Å². The number of benzene rings is 1. The van der Waals surface area contributed by atoms with Crippen molar-refractivity contribution in [2.24, 2.45) is 5.41 Å². The standard InChI is InChI=1S/C15H19Cl2NO2/c1-2-15(14(19)20)5-7-18(8-6-15)10-11-3-4-12(16)9-13(11)17/h3-4,9H,2,5-8,10H2,1H3,(H,19,20). The molecule has 0 atom stereocenters. The SMILES string of the molecule is CCC1(C(=O)O)CCN(Cc2ccc(Cl)cc2Cl)CC1. The van der Waals surface area contributed by atoms with Gasteiger partial charge in [0.2, 0.25) is 0 Å². The zero-order valence-electron chi connectivity index (χ0n) is 11.5. The molecule has 0 radical (unpaired) electrons. The van der Waals surface area contributed by atoms with Crippen LogP contribution in [0.2, 0.25) is 10.0 Å². The second-order valence-corrected chi connectivity index (χ2v) is 6.29. The third kappa shape index (κ3) is 3.27. The smallest absolute Gasteiger partial charge is 0.309 e. The second kappa shape index (κ2) is 6.33. The lowest BCUT2D eigenvalue weighted by atomic mass is 9.76. The van der Waals surface area contributed by atoms with Crippen LogP contribution in [0.15, 0.2) is 18.2 Å². The van der Waals surface area contributed by atoms with Gasteiger partial charge in [-0.05, 0) is 50.0 Å². The molecule has 1 fully saturated rings. The van der Waals surface area contributed by atoms with Crippen molar-refractivity contribution in [1.82, 2.24) is 4.90 Å². The van der Waals surface area contributed by atoms with E-state index in [9.17, 15) is 9.90 Å². The van der Waals surface area contributed by atoms with Gasteiger partial charge in [0, 0.05) is 16.6 Å². The van der Waals surface area contributed by atoms with Gasteiger partial charge in [-0.1, -0.05) is 36.2 Å². The first-order valence-corrected chi connectivity index (χ1v) is 7.62. The van der Waals surface area contributed by atoms with Gasteiger partial charge in [-0.3, -0.25) is 9.69 Å². The number of carbonyl (C=O) groups is 1. The van der Waals surface area contributed by atoms with E-state index in [4.69, 9.17) is 23.2 Å². The first-order valence-electron chi connectivity index (χ1n) is 6.86. The molecule has 1 aliphatic rings. The molecule has 5 heteroatoms. The molecule has 0 aromatic heterocycles. The summed E-state index contributed by atoms with van der Waals surface area (Å²) in [5.41, 5.74) is 0.496. The molecule has 0 aliphatic carbocycles. The van der Waals surface area contributed by atoms with E-state index in [0.29, 0.717) is 29.3 Å². The van der Waals surface area contributed by atoms with Crippen LogP contribution in [0.4, 0.5) is 0 Å². The molecule has 2 rings (SSSR count). The second-order valence-electron chi connectivity index (χ2n) is 5.45. The topological polar surface area (TPSA) is 40.5 Å². The Morgan fingerprint density at radius 2 is 2.00 bits per heavy atom. The first-order chi connectivity index (χ1) is 9.47. The lowest BCUT2D eigenvalue weighted by Gasteiger charge is -2.38. The zero-order chi connectivity index (χ0) is 14.8. The van der Waals surface area contributed by atoms with Crippen LogP contribution in [-0.2, 0) is 11.3 Å². The van der Waals surface area contributed by atoms with Crippen molar-refractivity contribution < 1.29 is 9.90 Å². The number of hydrogen-bond donors (Lipinski definition) is 1. The third-order valence-electron chi connectivity index (χ3n) is 4.35. The van der Waals surface area contributed by atoms with Crippen molar-refractivity contribution in [3.63, 3.8) is 0 Å². The van der Waals surface area contributed by atoms with Crippen molar-refractivity contribution in [3.05, 3.63) is 33.8 Å². The van der Waals surface area contributed by atoms with Gasteiger partial charge in [-0.2, -0.15) is 0 Å². The van der Waals surface area contributed by atoms with Crippen molar-refractivity contribution in [3.8, 4) is 0 Å². The van der Waals surface area contributed by atoms with Crippen LogP contribution < -0.4 is 0 Å². The van der Waals surface area contributed by atoms with Crippen molar-refractivity contribution in [2.45, 2.75) is 32.7 Å². The largest absolute Gasteiger partial charge is 0.481 e. The molecule has 0 spiro atoms. The molecule has 1 N–H and O–H groups in total. The molecule has 20 heavy (non-hydrogen) atoms. The number of piperidine rings is 1. The minimum Gasteiger partial charge on any atom is -0.481 e. The average Bonchev–Trinajstić information content (AvgIpc) is 2.42. The number of hydrogen-bond acceptors (Lipinski definition) is 2. The fourth-order valence-corrected chi connectivity index (χ4v) is 3.22. The number of aliphatic carboxylic acids is 1. The Labute approximate surface area is 129 Å². The quantitative estimate of drug-likeness (QED) is 0.910. The molecule has 0 bridgehead atoms. The van der Waals surface area contributed by atoms with Gasteiger partial charge < -0.3 is 5.11 Å². The van der Waals surface area contributed by atoms with Crippen LogP contribution in [-0.4, -0.2) is 29.1 Å². The highest BCUT2D eigenvalue weighted by atomic mass is 35.5. The van der Waals surface area contributed by atoms with Crippen LogP contribution in [0.3, 0.4) is 0 Å². The normalized spacial score (nSPS) is 18.9. The van der Waals surface area contributed by atoms with Gasteiger partial charge in [0.25, 0.3) is 0 Å². The van der Waals surface area contributed by atoms with E-state index in [2.05, 4.69) is 4.90 Å². The molecule has 0 unspecified atom stereocenters. The molecular weight excluding hydrogens is 297 g/mol. The van der Waals surface area contributed by atoms with E-state index in [1.165, 1.54) is 0 Å². The predicted octanol–water partition coefficient (Wildman–Crippen LogP) is 4.07. The summed E-state index contributed by atoms with van der Waals surface area (Å²) in [5.74, 6) is -0.663. The van der Waals surface area contributed by atoms with Gasteiger partial charge in [-0.15, -0.1) is 0 Å². The molecule has 1 heterocycles. The molecule has 3 nitrogen and oxygen atoms in total. The molecular formula is C15H19Cl2NO2. The Morgan fingerprint density at radius 3 is 2.50 bits per heavy atom. The maximum Gasteiger partial charge on any atom is 0.309 e. The summed E-state index contributed by atoms with van der Waals surface area (Å²) in [6, 6.07) is 5.51. The molecule has 1 aliphatic heterocycles. The fraction of sp³-hybridized carbons (Fsp3) is 0.533. The van der Waals surface area contributed by atoms with Gasteiger partial charge >= 0.3 is 5.97 Å².